The normalized spacial score (nSPS) is 15.2. The minimum absolute atomic E-state index is 0.119. The van der Waals surface area contributed by atoms with E-state index in [2.05, 4.69) is 15.3 Å². The molecule has 1 aromatic carbocycles. The lowest BCUT2D eigenvalue weighted by molar-refractivity contribution is -0.117. The number of nitrogens with one attached hydrogen (secondary N) is 1. The zero-order valence-electron chi connectivity index (χ0n) is 13.7. The first-order valence-corrected chi connectivity index (χ1v) is 8.10. The Bertz CT molecular complexity index is 734. The van der Waals surface area contributed by atoms with E-state index >= 15 is 0 Å². The fraction of sp³-hybridized carbons (Fsp3) is 0.353. The predicted octanol–water partition coefficient (Wildman–Crippen LogP) is 0.869. The molecule has 0 spiro atoms. The summed E-state index contributed by atoms with van der Waals surface area (Å²) in [6.45, 7) is 2.81. The first-order chi connectivity index (χ1) is 12.2. The number of nitrogens with zero attached hydrogens (tertiary/aromatic N) is 4. The summed E-state index contributed by atoms with van der Waals surface area (Å²) in [5.41, 5.74) is 0.775. The molecule has 8 heteroatoms. The minimum atomic E-state index is -0.443. The Balaban J connectivity index is 1.50. The number of hydrogen-bond donors (Lipinski definition) is 2. The smallest absolute Gasteiger partial charge is 0.238 e. The van der Waals surface area contributed by atoms with Crippen LogP contribution in [0, 0.1) is 5.82 Å². The average Bonchev–Trinajstić information content (AvgIpc) is 2.64. The van der Waals surface area contributed by atoms with Crippen LogP contribution in [0.3, 0.4) is 0 Å². The number of benzene rings is 1. The average molecular weight is 345 g/mol. The van der Waals surface area contributed by atoms with Crippen molar-refractivity contribution in [3.63, 3.8) is 0 Å². The number of carbonyl (C=O) groups is 1. The van der Waals surface area contributed by atoms with Crippen LogP contribution in [-0.2, 0) is 11.4 Å². The molecule has 1 aliphatic heterocycles. The zero-order valence-corrected chi connectivity index (χ0v) is 13.7. The zero-order chi connectivity index (χ0) is 17.6. The van der Waals surface area contributed by atoms with Crippen LogP contribution >= 0.6 is 0 Å². The summed E-state index contributed by atoms with van der Waals surface area (Å²) >= 11 is 0. The van der Waals surface area contributed by atoms with Gasteiger partial charge < -0.3 is 15.3 Å². The lowest BCUT2D eigenvalue weighted by Crippen LogP contribution is -2.49. The summed E-state index contributed by atoms with van der Waals surface area (Å²) in [5, 5.41) is 11.7. The molecule has 2 heterocycles. The molecule has 132 valence electrons. The number of hydrogen-bond acceptors (Lipinski definition) is 6. The maximum atomic E-state index is 13.6. The molecule has 0 radical (unpaired) electrons. The van der Waals surface area contributed by atoms with Crippen LogP contribution in [0.2, 0.25) is 0 Å². The highest BCUT2D eigenvalue weighted by Gasteiger charge is 2.21. The Morgan fingerprint density at radius 3 is 2.68 bits per heavy atom. The van der Waals surface area contributed by atoms with E-state index in [1.165, 1.54) is 12.1 Å². The third-order valence-electron chi connectivity index (χ3n) is 4.03. The summed E-state index contributed by atoms with van der Waals surface area (Å²) in [5.74, 6) is -0.0966. The van der Waals surface area contributed by atoms with Gasteiger partial charge in [-0.2, -0.15) is 0 Å². The Labute approximate surface area is 145 Å². The Hall–Kier alpha value is -2.58. The molecular formula is C17H20FN5O2. The summed E-state index contributed by atoms with van der Waals surface area (Å²) in [7, 11) is 0. The number of carbonyl (C=O) groups excluding carboxylic acids is 1. The second-order valence-corrected chi connectivity index (χ2v) is 5.80. The lowest BCUT2D eigenvalue weighted by atomic mass is 10.3. The van der Waals surface area contributed by atoms with Crippen LogP contribution in [0.5, 0.6) is 0 Å². The van der Waals surface area contributed by atoms with E-state index in [1.807, 2.05) is 9.80 Å². The van der Waals surface area contributed by atoms with E-state index in [9.17, 15) is 9.18 Å². The number of para-hydroxylation sites is 1. The van der Waals surface area contributed by atoms with Gasteiger partial charge in [-0.25, -0.2) is 14.4 Å². The summed E-state index contributed by atoms with van der Waals surface area (Å²) in [6, 6.07) is 7.79. The standard InChI is InChI=1S/C17H20FN5O2/c18-14-3-1-2-4-15(14)21-16(25)11-22-7-9-23(10-8-22)17-19-6-5-13(12-24)20-17/h1-6,24H,7-12H2,(H,21,25). The summed E-state index contributed by atoms with van der Waals surface area (Å²) < 4.78 is 13.6. The Kier molecular flexibility index (Phi) is 5.52. The van der Waals surface area contributed by atoms with Gasteiger partial charge >= 0.3 is 0 Å². The van der Waals surface area contributed by atoms with E-state index < -0.39 is 5.82 Å². The van der Waals surface area contributed by atoms with Crippen LogP contribution in [-0.4, -0.2) is 58.6 Å². The molecule has 7 nitrogen and oxygen atoms in total. The van der Waals surface area contributed by atoms with Crippen molar-refractivity contribution in [1.29, 1.82) is 0 Å². The third-order valence-corrected chi connectivity index (χ3v) is 4.03. The van der Waals surface area contributed by atoms with Crippen LogP contribution < -0.4 is 10.2 Å². The van der Waals surface area contributed by atoms with Gasteiger partial charge in [-0.1, -0.05) is 12.1 Å². The van der Waals surface area contributed by atoms with Crippen LogP contribution in [0.1, 0.15) is 5.69 Å². The molecule has 0 saturated carbocycles. The van der Waals surface area contributed by atoms with Crippen molar-refractivity contribution in [3.05, 3.63) is 48.0 Å². The quantitative estimate of drug-likeness (QED) is 0.837. The molecule has 0 aliphatic carbocycles. The van der Waals surface area contributed by atoms with Gasteiger partial charge in [-0.05, 0) is 18.2 Å². The van der Waals surface area contributed by atoms with Crippen molar-refractivity contribution in [2.24, 2.45) is 0 Å². The van der Waals surface area contributed by atoms with Gasteiger partial charge in [0, 0.05) is 32.4 Å². The molecule has 0 bridgehead atoms. The number of halogens is 1. The maximum Gasteiger partial charge on any atom is 0.238 e. The number of aromatic nitrogens is 2. The van der Waals surface area contributed by atoms with Crippen molar-refractivity contribution in [2.75, 3.05) is 42.9 Å². The summed E-state index contributed by atoms with van der Waals surface area (Å²) in [6.07, 6.45) is 1.63. The first kappa shape index (κ1) is 17.2. The molecule has 0 atom stereocenters. The van der Waals surface area contributed by atoms with E-state index in [0.29, 0.717) is 37.8 Å². The lowest BCUT2D eigenvalue weighted by Gasteiger charge is -2.34. The monoisotopic (exact) mass is 345 g/mol. The second-order valence-electron chi connectivity index (χ2n) is 5.80. The Morgan fingerprint density at radius 2 is 1.96 bits per heavy atom. The fourth-order valence-corrected chi connectivity index (χ4v) is 2.69. The molecule has 25 heavy (non-hydrogen) atoms. The minimum Gasteiger partial charge on any atom is -0.390 e. The van der Waals surface area contributed by atoms with Crippen molar-refractivity contribution in [1.82, 2.24) is 14.9 Å². The highest BCUT2D eigenvalue weighted by atomic mass is 19.1. The van der Waals surface area contributed by atoms with E-state index in [1.54, 1.807) is 24.4 Å². The van der Waals surface area contributed by atoms with E-state index in [4.69, 9.17) is 5.11 Å². The van der Waals surface area contributed by atoms with Gasteiger partial charge in [-0.3, -0.25) is 9.69 Å². The highest BCUT2D eigenvalue weighted by Crippen LogP contribution is 2.14. The topological polar surface area (TPSA) is 81.6 Å². The molecule has 3 rings (SSSR count). The molecular weight excluding hydrogens is 325 g/mol. The summed E-state index contributed by atoms with van der Waals surface area (Å²) in [4.78, 5) is 24.6. The molecule has 1 amide bonds. The van der Waals surface area contributed by atoms with Gasteiger partial charge in [0.1, 0.15) is 5.82 Å². The van der Waals surface area contributed by atoms with Crippen molar-refractivity contribution >= 4 is 17.5 Å². The largest absolute Gasteiger partial charge is 0.390 e. The number of aliphatic hydroxyl groups excluding tert-OH is 1. The van der Waals surface area contributed by atoms with Crippen LogP contribution in [0.25, 0.3) is 0 Å². The van der Waals surface area contributed by atoms with Gasteiger partial charge in [0.2, 0.25) is 11.9 Å². The molecule has 1 aliphatic rings. The molecule has 0 unspecified atom stereocenters. The highest BCUT2D eigenvalue weighted by molar-refractivity contribution is 5.92. The molecule has 1 aromatic heterocycles. The van der Waals surface area contributed by atoms with Crippen molar-refractivity contribution < 1.29 is 14.3 Å². The first-order valence-electron chi connectivity index (χ1n) is 8.10. The van der Waals surface area contributed by atoms with Gasteiger partial charge in [0.15, 0.2) is 0 Å². The number of amides is 1. The maximum absolute atomic E-state index is 13.6. The van der Waals surface area contributed by atoms with E-state index in [-0.39, 0.29) is 24.7 Å². The van der Waals surface area contributed by atoms with Gasteiger partial charge in [0.05, 0.1) is 24.5 Å². The number of anilines is 2. The predicted molar refractivity (Wildman–Crippen MR) is 91.6 cm³/mol. The second kappa shape index (κ2) is 8.00. The van der Waals surface area contributed by atoms with Crippen molar-refractivity contribution in [2.45, 2.75) is 6.61 Å². The molecule has 1 saturated heterocycles. The van der Waals surface area contributed by atoms with Gasteiger partial charge in [-0.15, -0.1) is 0 Å². The SMILES string of the molecule is O=C(CN1CCN(c2nccc(CO)n2)CC1)Nc1ccccc1F. The number of rotatable bonds is 5. The Morgan fingerprint density at radius 1 is 1.20 bits per heavy atom. The third kappa shape index (κ3) is 4.49. The number of piperazine rings is 1. The molecule has 1 fully saturated rings. The van der Waals surface area contributed by atoms with E-state index in [0.717, 1.165) is 0 Å². The van der Waals surface area contributed by atoms with Gasteiger partial charge in [0.25, 0.3) is 0 Å². The van der Waals surface area contributed by atoms with Crippen molar-refractivity contribution in [3.8, 4) is 0 Å². The van der Waals surface area contributed by atoms with Crippen LogP contribution in [0.15, 0.2) is 36.5 Å². The molecule has 2 aromatic rings. The number of aliphatic hydroxyl groups is 1. The fourth-order valence-electron chi connectivity index (χ4n) is 2.69. The molecule has 2 N–H and O–H groups in total. The van der Waals surface area contributed by atoms with Crippen LogP contribution in [0.4, 0.5) is 16.0 Å².